The van der Waals surface area contributed by atoms with E-state index in [1.54, 1.807) is 13.8 Å². The summed E-state index contributed by atoms with van der Waals surface area (Å²) in [4.78, 5) is 32.4. The van der Waals surface area contributed by atoms with Gasteiger partial charge in [-0.1, -0.05) is 0 Å². The lowest BCUT2D eigenvalue weighted by molar-refractivity contribution is -0.136. The van der Waals surface area contributed by atoms with Crippen molar-refractivity contribution >= 4 is 18.1 Å². The Labute approximate surface area is 104 Å². The second-order valence-corrected chi connectivity index (χ2v) is 3.73. The Hall–Kier alpha value is -2.05. The topological polar surface area (TPSA) is 110 Å². The van der Waals surface area contributed by atoms with Gasteiger partial charge in [-0.2, -0.15) is 0 Å². The van der Waals surface area contributed by atoms with Gasteiger partial charge in [0.2, 0.25) is 0 Å². The zero-order valence-electron chi connectivity index (χ0n) is 10.4. The van der Waals surface area contributed by atoms with Crippen LogP contribution in [0.15, 0.2) is 11.1 Å². The van der Waals surface area contributed by atoms with E-state index < -0.39 is 18.1 Å². The van der Waals surface area contributed by atoms with Crippen LogP contribution in [0.4, 0.5) is 4.79 Å². The zero-order chi connectivity index (χ0) is 14.3. The van der Waals surface area contributed by atoms with Crippen molar-refractivity contribution in [2.75, 3.05) is 6.61 Å². The molecule has 102 valence electrons. The number of carbonyl (C=O) groups excluding carboxylic acids is 1. The van der Waals surface area contributed by atoms with Gasteiger partial charge in [0, 0.05) is 12.0 Å². The molecule has 0 aliphatic heterocycles. The van der Waals surface area contributed by atoms with Crippen molar-refractivity contribution in [3.63, 3.8) is 0 Å². The normalized spacial score (nSPS) is 11.8. The van der Waals surface area contributed by atoms with E-state index in [1.165, 1.54) is 6.92 Å². The third kappa shape index (κ3) is 5.88. The van der Waals surface area contributed by atoms with Crippen LogP contribution in [-0.4, -0.2) is 41.0 Å². The smallest absolute Gasteiger partial charge is 0.478 e. The highest BCUT2D eigenvalue weighted by Crippen LogP contribution is 2.10. The largest absolute Gasteiger partial charge is 0.508 e. The van der Waals surface area contributed by atoms with E-state index in [1.807, 2.05) is 0 Å². The molecule has 0 bridgehead atoms. The van der Waals surface area contributed by atoms with Crippen molar-refractivity contribution in [3.05, 3.63) is 11.1 Å². The minimum Gasteiger partial charge on any atom is -0.478 e. The maximum atomic E-state index is 11.0. The van der Waals surface area contributed by atoms with Crippen molar-refractivity contribution in [1.29, 1.82) is 0 Å². The number of ether oxygens (including phenoxy) is 2. The first-order valence-electron chi connectivity index (χ1n) is 5.25. The van der Waals surface area contributed by atoms with Gasteiger partial charge in [-0.3, -0.25) is 0 Å². The van der Waals surface area contributed by atoms with Crippen molar-refractivity contribution in [2.45, 2.75) is 33.3 Å². The van der Waals surface area contributed by atoms with Crippen molar-refractivity contribution < 1.29 is 34.1 Å². The molecule has 0 unspecified atom stereocenters. The number of rotatable bonds is 6. The van der Waals surface area contributed by atoms with Crippen LogP contribution in [0.2, 0.25) is 0 Å². The molecule has 7 nitrogen and oxygen atoms in total. The van der Waals surface area contributed by atoms with E-state index in [0.29, 0.717) is 0 Å². The number of hydrogen-bond donors (Lipinski definition) is 2. The highest BCUT2D eigenvalue weighted by atomic mass is 16.7. The van der Waals surface area contributed by atoms with Crippen molar-refractivity contribution in [1.82, 2.24) is 0 Å². The molecule has 0 saturated carbocycles. The van der Waals surface area contributed by atoms with Gasteiger partial charge in [0.25, 0.3) is 0 Å². The molecule has 7 heteroatoms. The fourth-order valence-corrected chi connectivity index (χ4v) is 1.05. The molecule has 0 aromatic heterocycles. The molecule has 0 radical (unpaired) electrons. The van der Waals surface area contributed by atoms with Crippen LogP contribution in [0.1, 0.15) is 27.2 Å². The third-order valence-electron chi connectivity index (χ3n) is 1.94. The second-order valence-electron chi connectivity index (χ2n) is 3.73. The number of carboxylic acids is 2. The summed E-state index contributed by atoms with van der Waals surface area (Å²) in [6, 6.07) is 0. The van der Waals surface area contributed by atoms with Crippen LogP contribution in [0, 0.1) is 0 Å². The average Bonchev–Trinajstić information content (AvgIpc) is 2.21. The molecule has 0 fully saturated rings. The summed E-state index contributed by atoms with van der Waals surface area (Å²) < 4.78 is 9.27. The molecular weight excluding hydrogens is 244 g/mol. The van der Waals surface area contributed by atoms with E-state index in [0.717, 1.165) is 0 Å². The predicted octanol–water partition coefficient (Wildman–Crippen LogP) is 1.42. The molecule has 0 spiro atoms. The molecule has 0 aromatic carbocycles. The summed E-state index contributed by atoms with van der Waals surface area (Å²) >= 11 is 0. The first kappa shape index (κ1) is 16.0. The molecule has 0 amide bonds. The highest BCUT2D eigenvalue weighted by molar-refractivity contribution is 5.98. The van der Waals surface area contributed by atoms with Gasteiger partial charge >= 0.3 is 18.1 Å². The van der Waals surface area contributed by atoms with E-state index in [9.17, 15) is 14.4 Å². The summed E-state index contributed by atoms with van der Waals surface area (Å²) in [7, 11) is 0. The first-order chi connectivity index (χ1) is 8.25. The fourth-order valence-electron chi connectivity index (χ4n) is 1.05. The monoisotopic (exact) mass is 260 g/mol. The SMILES string of the molecule is CC(C(=O)O)=C(CCOC(=O)OC(C)C)C(=O)O. The van der Waals surface area contributed by atoms with Crippen molar-refractivity contribution in [3.8, 4) is 0 Å². The number of carbonyl (C=O) groups is 3. The van der Waals surface area contributed by atoms with E-state index >= 15 is 0 Å². The molecule has 0 rings (SSSR count). The molecule has 0 saturated heterocycles. The van der Waals surface area contributed by atoms with Crippen LogP contribution in [-0.2, 0) is 19.1 Å². The molecule has 2 N–H and O–H groups in total. The Morgan fingerprint density at radius 2 is 1.67 bits per heavy atom. The molecule has 0 heterocycles. The van der Waals surface area contributed by atoms with E-state index in [-0.39, 0.29) is 30.3 Å². The lowest BCUT2D eigenvalue weighted by atomic mass is 10.1. The van der Waals surface area contributed by atoms with Gasteiger partial charge in [0.15, 0.2) is 0 Å². The van der Waals surface area contributed by atoms with Gasteiger partial charge < -0.3 is 19.7 Å². The summed E-state index contributed by atoms with van der Waals surface area (Å²) in [6.45, 7) is 4.20. The van der Waals surface area contributed by atoms with Crippen LogP contribution in [0.3, 0.4) is 0 Å². The molecular formula is C11H16O7. The Kier molecular flexibility index (Phi) is 6.48. The zero-order valence-corrected chi connectivity index (χ0v) is 10.4. The lowest BCUT2D eigenvalue weighted by Crippen LogP contribution is -2.16. The minimum absolute atomic E-state index is 0.194. The van der Waals surface area contributed by atoms with Crippen LogP contribution in [0.5, 0.6) is 0 Å². The molecule has 0 aromatic rings. The summed E-state index contributed by atoms with van der Waals surface area (Å²) in [6.07, 6.45) is -1.45. The summed E-state index contributed by atoms with van der Waals surface area (Å²) in [5, 5.41) is 17.5. The molecule has 0 atom stereocenters. The summed E-state index contributed by atoms with van der Waals surface area (Å²) in [5.41, 5.74) is -0.594. The molecule has 18 heavy (non-hydrogen) atoms. The quantitative estimate of drug-likeness (QED) is 0.548. The van der Waals surface area contributed by atoms with Crippen LogP contribution < -0.4 is 0 Å². The second kappa shape index (κ2) is 7.31. The number of hydrogen-bond acceptors (Lipinski definition) is 5. The van der Waals surface area contributed by atoms with E-state index in [4.69, 9.17) is 10.2 Å². The predicted molar refractivity (Wildman–Crippen MR) is 60.2 cm³/mol. The first-order valence-corrected chi connectivity index (χ1v) is 5.25. The number of carboxylic acid groups (broad SMARTS) is 2. The molecule has 0 aliphatic carbocycles. The maximum Gasteiger partial charge on any atom is 0.508 e. The molecule has 0 aliphatic rings. The van der Waals surface area contributed by atoms with E-state index in [2.05, 4.69) is 9.47 Å². The highest BCUT2D eigenvalue weighted by Gasteiger charge is 2.17. The van der Waals surface area contributed by atoms with Gasteiger partial charge in [-0.25, -0.2) is 14.4 Å². The summed E-state index contributed by atoms with van der Waals surface area (Å²) in [5.74, 6) is -2.67. The van der Waals surface area contributed by atoms with Crippen molar-refractivity contribution in [2.24, 2.45) is 0 Å². The van der Waals surface area contributed by atoms with Gasteiger partial charge in [-0.05, 0) is 20.8 Å². The Morgan fingerprint density at radius 3 is 2.06 bits per heavy atom. The van der Waals surface area contributed by atoms with Gasteiger partial charge in [-0.15, -0.1) is 0 Å². The maximum absolute atomic E-state index is 11.0. The Morgan fingerprint density at radius 1 is 1.11 bits per heavy atom. The van der Waals surface area contributed by atoms with Crippen LogP contribution >= 0.6 is 0 Å². The Bertz CT molecular complexity index is 368. The van der Waals surface area contributed by atoms with Crippen LogP contribution in [0.25, 0.3) is 0 Å². The number of aliphatic carboxylic acids is 2. The fraction of sp³-hybridized carbons (Fsp3) is 0.545. The third-order valence-corrected chi connectivity index (χ3v) is 1.94. The average molecular weight is 260 g/mol. The lowest BCUT2D eigenvalue weighted by Gasteiger charge is -2.09. The van der Waals surface area contributed by atoms with Gasteiger partial charge in [0.05, 0.1) is 18.3 Å². The minimum atomic E-state index is -1.35. The van der Waals surface area contributed by atoms with Gasteiger partial charge in [0.1, 0.15) is 0 Å². The standard InChI is InChI=1S/C11H16O7/c1-6(2)18-11(16)17-5-4-8(10(14)15)7(3)9(12)13/h6H,4-5H2,1-3H3,(H,12,13)(H,14,15). The Balaban J connectivity index is 4.41.